The minimum atomic E-state index is -4.46. The molecule has 0 aliphatic carbocycles. The van der Waals surface area contributed by atoms with Crippen LogP contribution in [-0.2, 0) is 23.2 Å². The molecule has 0 saturated heterocycles. The maximum Gasteiger partial charge on any atom is 0.416 e. The predicted octanol–water partition coefficient (Wildman–Crippen LogP) is 11.0. The highest BCUT2D eigenvalue weighted by Crippen LogP contribution is 2.50. The van der Waals surface area contributed by atoms with E-state index in [2.05, 4.69) is 13.8 Å². The number of hydrogen-bond donors (Lipinski definition) is 0. The summed E-state index contributed by atoms with van der Waals surface area (Å²) < 4.78 is 82.1. The van der Waals surface area contributed by atoms with Crippen LogP contribution in [0.3, 0.4) is 0 Å². The molecule has 2 aliphatic rings. The molecule has 0 atom stereocenters. The van der Waals surface area contributed by atoms with Crippen LogP contribution in [0, 0.1) is 5.92 Å². The van der Waals surface area contributed by atoms with E-state index >= 15 is 0 Å². The molecule has 0 bridgehead atoms. The van der Waals surface area contributed by atoms with Crippen molar-refractivity contribution in [3.05, 3.63) is 106 Å². The summed E-state index contributed by atoms with van der Waals surface area (Å²) in [5.74, 6) is 0.413. The van der Waals surface area contributed by atoms with Gasteiger partial charge in [-0.3, -0.25) is 0 Å². The van der Waals surface area contributed by atoms with Gasteiger partial charge in [-0.2, -0.15) is 26.3 Å². The van der Waals surface area contributed by atoms with Gasteiger partial charge in [0, 0.05) is 47.2 Å². The van der Waals surface area contributed by atoms with E-state index in [1.54, 1.807) is 6.07 Å². The molecule has 2 heterocycles. The van der Waals surface area contributed by atoms with E-state index < -0.39 is 34.3 Å². The second kappa shape index (κ2) is 11.8. The number of anilines is 2. The van der Waals surface area contributed by atoms with Crippen LogP contribution < -0.4 is 9.80 Å². The average molecular weight is 617 g/mol. The molecular formula is C36H42F6N2. The van der Waals surface area contributed by atoms with Gasteiger partial charge in [0.15, 0.2) is 0 Å². The van der Waals surface area contributed by atoms with Crippen molar-refractivity contribution in [1.82, 2.24) is 0 Å². The molecule has 2 aromatic rings. The first-order valence-corrected chi connectivity index (χ1v) is 15.0. The fourth-order valence-corrected chi connectivity index (χ4v) is 5.92. The molecule has 0 fully saturated rings. The molecule has 0 saturated carbocycles. The highest BCUT2D eigenvalue weighted by atomic mass is 19.4. The maximum absolute atomic E-state index is 13.7. The molecule has 0 spiro atoms. The zero-order valence-electron chi connectivity index (χ0n) is 26.7. The number of allylic oxidation sites excluding steroid dienone is 6. The van der Waals surface area contributed by atoms with Gasteiger partial charge in [0.05, 0.1) is 11.1 Å². The lowest BCUT2D eigenvalue weighted by Crippen LogP contribution is -2.33. The molecule has 0 amide bonds. The number of rotatable bonds is 7. The van der Waals surface area contributed by atoms with Crippen LogP contribution in [0.25, 0.3) is 0 Å². The standard InChI is InChI=1S/C36H42F6N2/c1-23(2)16-18-43-22-27(33(5,6)28-20-25(35(37,38)39)12-14-30(28)43)10-9-11-32-34(7,8)29-21-26(36(40,41)42)13-15-31(29)44(32)19-17-24(3)4/h9-15,17,20-23H,16,18-19H2,1-8H3/b10-9+,32-11+. The van der Waals surface area contributed by atoms with Gasteiger partial charge in [0.1, 0.15) is 0 Å². The Labute approximate surface area is 257 Å². The Morgan fingerprint density at radius 1 is 0.818 bits per heavy atom. The molecule has 4 rings (SSSR count). The van der Waals surface area contributed by atoms with Gasteiger partial charge < -0.3 is 9.80 Å². The summed E-state index contributed by atoms with van der Waals surface area (Å²) in [4.78, 5) is 4.07. The Bertz CT molecular complexity index is 1510. The molecule has 2 aromatic carbocycles. The summed E-state index contributed by atoms with van der Waals surface area (Å²) in [7, 11) is 0. The largest absolute Gasteiger partial charge is 0.416 e. The van der Waals surface area contributed by atoms with E-state index in [0.29, 0.717) is 30.1 Å². The van der Waals surface area contributed by atoms with Crippen LogP contribution in [-0.4, -0.2) is 13.1 Å². The Morgan fingerprint density at radius 3 is 1.89 bits per heavy atom. The smallest absolute Gasteiger partial charge is 0.347 e. The SMILES string of the molecule is CC(C)=CCN1/C(=C/C=C/C2=CN(CCC(C)C)c3ccc(C(F)(F)F)cc3C2(C)C)C(C)(C)c2cc(C(F)(F)F)ccc21. The van der Waals surface area contributed by atoms with Gasteiger partial charge in [-0.15, -0.1) is 0 Å². The third-order valence-corrected chi connectivity index (χ3v) is 8.70. The number of fused-ring (bicyclic) bond motifs is 2. The zero-order valence-corrected chi connectivity index (χ0v) is 26.7. The van der Waals surface area contributed by atoms with Gasteiger partial charge in [-0.1, -0.05) is 65.3 Å². The fourth-order valence-electron chi connectivity index (χ4n) is 5.92. The van der Waals surface area contributed by atoms with Crippen LogP contribution in [0.4, 0.5) is 37.7 Å². The Morgan fingerprint density at radius 2 is 1.36 bits per heavy atom. The summed E-state index contributed by atoms with van der Waals surface area (Å²) in [6.45, 7) is 17.0. The molecular weight excluding hydrogens is 574 g/mol. The van der Waals surface area contributed by atoms with E-state index in [0.717, 1.165) is 46.8 Å². The molecule has 2 nitrogen and oxygen atoms in total. The maximum atomic E-state index is 13.7. The topological polar surface area (TPSA) is 6.48 Å². The van der Waals surface area contributed by atoms with E-state index in [1.165, 1.54) is 18.2 Å². The number of halogens is 6. The predicted molar refractivity (Wildman–Crippen MR) is 168 cm³/mol. The van der Waals surface area contributed by atoms with Gasteiger partial charge in [-0.05, 0) is 85.4 Å². The van der Waals surface area contributed by atoms with Gasteiger partial charge >= 0.3 is 12.4 Å². The van der Waals surface area contributed by atoms with Gasteiger partial charge in [-0.25, -0.2) is 0 Å². The van der Waals surface area contributed by atoms with Crippen LogP contribution >= 0.6 is 0 Å². The third kappa shape index (κ3) is 6.64. The Balaban J connectivity index is 1.79. The summed E-state index contributed by atoms with van der Waals surface area (Å²) in [6.07, 6.45) is 1.71. The third-order valence-electron chi connectivity index (χ3n) is 8.70. The van der Waals surface area contributed by atoms with Crippen LogP contribution in [0.2, 0.25) is 0 Å². The summed E-state index contributed by atoms with van der Waals surface area (Å²) in [5.41, 5.74) is 2.65. The molecule has 44 heavy (non-hydrogen) atoms. The zero-order chi connectivity index (χ0) is 32.8. The van der Waals surface area contributed by atoms with E-state index in [4.69, 9.17) is 0 Å². The van der Waals surface area contributed by atoms with Crippen molar-refractivity contribution in [2.75, 3.05) is 22.9 Å². The molecule has 8 heteroatoms. The summed E-state index contributed by atoms with van der Waals surface area (Å²) in [6, 6.07) is 7.86. The molecule has 0 radical (unpaired) electrons. The summed E-state index contributed by atoms with van der Waals surface area (Å²) >= 11 is 0. The van der Waals surface area contributed by atoms with Crippen LogP contribution in [0.15, 0.2) is 83.7 Å². The van der Waals surface area contributed by atoms with Gasteiger partial charge in [0.2, 0.25) is 0 Å². The van der Waals surface area contributed by atoms with Gasteiger partial charge in [0.25, 0.3) is 0 Å². The Kier molecular flexibility index (Phi) is 9.00. The second-order valence-electron chi connectivity index (χ2n) is 13.5. The van der Waals surface area contributed by atoms with Crippen molar-refractivity contribution in [2.24, 2.45) is 5.92 Å². The normalized spacial score (nSPS) is 18.6. The monoisotopic (exact) mass is 616 g/mol. The molecule has 0 aromatic heterocycles. The molecule has 0 N–H and O–H groups in total. The van der Waals surface area contributed by atoms with E-state index in [1.807, 2.05) is 81.8 Å². The summed E-state index contributed by atoms with van der Waals surface area (Å²) in [5, 5.41) is 0. The highest BCUT2D eigenvalue weighted by Gasteiger charge is 2.42. The lowest BCUT2D eigenvalue weighted by atomic mass is 9.74. The number of benzene rings is 2. The first kappa shape index (κ1) is 33.5. The average Bonchev–Trinajstić information content (AvgIpc) is 3.12. The van der Waals surface area contributed by atoms with Crippen molar-refractivity contribution < 1.29 is 26.3 Å². The van der Waals surface area contributed by atoms with Crippen LogP contribution in [0.1, 0.15) is 84.1 Å². The van der Waals surface area contributed by atoms with Crippen molar-refractivity contribution in [1.29, 1.82) is 0 Å². The van der Waals surface area contributed by atoms with Crippen molar-refractivity contribution in [2.45, 2.75) is 85.0 Å². The van der Waals surface area contributed by atoms with E-state index in [-0.39, 0.29) is 0 Å². The highest BCUT2D eigenvalue weighted by molar-refractivity contribution is 5.72. The number of alkyl halides is 6. The number of hydrogen-bond acceptors (Lipinski definition) is 2. The van der Waals surface area contributed by atoms with Crippen molar-refractivity contribution in [3.63, 3.8) is 0 Å². The van der Waals surface area contributed by atoms with E-state index in [9.17, 15) is 26.3 Å². The minimum Gasteiger partial charge on any atom is -0.347 e. The second-order valence-corrected chi connectivity index (χ2v) is 13.5. The molecule has 0 unspecified atom stereocenters. The van der Waals surface area contributed by atoms with Crippen molar-refractivity contribution in [3.8, 4) is 0 Å². The number of nitrogens with zero attached hydrogens (tertiary/aromatic N) is 2. The molecule has 238 valence electrons. The molecule has 2 aliphatic heterocycles. The quantitative estimate of drug-likeness (QED) is 0.226. The first-order valence-electron chi connectivity index (χ1n) is 15.0. The lowest BCUT2D eigenvalue weighted by Gasteiger charge is -2.39. The van der Waals surface area contributed by atoms with Crippen molar-refractivity contribution >= 4 is 11.4 Å². The minimum absolute atomic E-state index is 0.413. The fraction of sp³-hybridized carbons (Fsp3) is 0.444. The Hall–Kier alpha value is -3.42. The lowest BCUT2D eigenvalue weighted by molar-refractivity contribution is -0.138. The first-order chi connectivity index (χ1) is 20.2. The van der Waals surface area contributed by atoms with Crippen LogP contribution in [0.5, 0.6) is 0 Å².